The highest BCUT2D eigenvalue weighted by atomic mass is 32.2. The third kappa shape index (κ3) is 15.1. The lowest BCUT2D eigenvalue weighted by Crippen LogP contribution is -2.45. The van der Waals surface area contributed by atoms with E-state index >= 15 is 0 Å². The molecule has 0 aliphatic carbocycles. The van der Waals surface area contributed by atoms with Gasteiger partial charge in [0, 0.05) is 12.5 Å². The number of quaternary nitrogens is 1. The molecule has 7 heteroatoms. The maximum absolute atomic E-state index is 11.1. The van der Waals surface area contributed by atoms with Crippen molar-refractivity contribution in [3.8, 4) is 0 Å². The van der Waals surface area contributed by atoms with E-state index in [0.717, 1.165) is 0 Å². The summed E-state index contributed by atoms with van der Waals surface area (Å²) >= 11 is 0. The van der Waals surface area contributed by atoms with Crippen LogP contribution in [0.1, 0.15) is 13.8 Å². The van der Waals surface area contributed by atoms with E-state index < -0.39 is 10.1 Å². The van der Waals surface area contributed by atoms with Crippen LogP contribution in [-0.4, -0.2) is 57.0 Å². The molecule has 0 radical (unpaired) electrons. The lowest BCUT2D eigenvalue weighted by Gasteiger charge is -2.30. The molecular weight excluding hydrogens is 246 g/mol. The van der Waals surface area contributed by atoms with E-state index in [1.165, 1.54) is 0 Å². The Kier molecular flexibility index (Phi) is 7.30. The van der Waals surface area contributed by atoms with Crippen LogP contribution in [0.3, 0.4) is 0 Å². The van der Waals surface area contributed by atoms with Crippen molar-refractivity contribution >= 4 is 16.1 Å². The number of hydrogen-bond acceptors (Lipinski definition) is 4. The molecule has 0 aliphatic rings. The Balaban J connectivity index is 0. The molecule has 1 atom stereocenters. The van der Waals surface area contributed by atoms with Crippen molar-refractivity contribution in [1.82, 2.24) is 0 Å². The Morgan fingerprint density at radius 1 is 1.35 bits per heavy atom. The highest BCUT2D eigenvalue weighted by Crippen LogP contribution is 2.06. The predicted molar refractivity (Wildman–Crippen MR) is 65.9 cm³/mol. The normalized spacial score (nSPS) is 13.1. The Morgan fingerprint density at radius 2 is 1.65 bits per heavy atom. The van der Waals surface area contributed by atoms with Crippen molar-refractivity contribution in [3.05, 3.63) is 12.2 Å². The molecule has 1 unspecified atom stereocenters. The second-order valence-electron chi connectivity index (χ2n) is 4.63. The van der Waals surface area contributed by atoms with Crippen LogP contribution in [0.4, 0.5) is 0 Å². The van der Waals surface area contributed by atoms with Crippen LogP contribution in [0.2, 0.25) is 0 Å². The van der Waals surface area contributed by atoms with Crippen molar-refractivity contribution in [2.24, 2.45) is 0 Å². The van der Waals surface area contributed by atoms with E-state index in [4.69, 9.17) is 9.29 Å². The van der Waals surface area contributed by atoms with Gasteiger partial charge in [-0.1, -0.05) is 6.58 Å². The van der Waals surface area contributed by atoms with Crippen LogP contribution < -0.4 is 0 Å². The number of carbonyl (C=O) groups excluding carboxylic acids is 1. The van der Waals surface area contributed by atoms with Gasteiger partial charge in [0.25, 0.3) is 10.1 Å². The zero-order valence-electron chi connectivity index (χ0n) is 11.2. The van der Waals surface area contributed by atoms with Crippen molar-refractivity contribution < 1.29 is 27.0 Å². The second-order valence-corrected chi connectivity index (χ2v) is 6.10. The molecule has 0 aromatic heterocycles. The lowest BCUT2D eigenvalue weighted by atomic mass is 10.3. The highest BCUT2D eigenvalue weighted by Gasteiger charge is 2.22. The van der Waals surface area contributed by atoms with Crippen LogP contribution in [0.15, 0.2) is 12.2 Å². The number of hydrogen-bond donors (Lipinski definition) is 1. The average Bonchev–Trinajstić information content (AvgIpc) is 1.98. The molecule has 0 bridgehead atoms. The lowest BCUT2D eigenvalue weighted by molar-refractivity contribution is -0.914. The van der Waals surface area contributed by atoms with Gasteiger partial charge >= 0.3 is 5.97 Å². The molecular formula is C10H22NO5S+. The minimum atomic E-state index is -3.67. The molecule has 0 aliphatic heterocycles. The fraction of sp³-hybridized carbons (Fsp3) is 0.700. The molecule has 1 N–H and O–H groups in total. The predicted octanol–water partition coefficient (Wildman–Crippen LogP) is 0.662. The van der Waals surface area contributed by atoms with E-state index in [2.05, 4.69) is 6.58 Å². The third-order valence-corrected chi connectivity index (χ3v) is 1.72. The van der Waals surface area contributed by atoms with E-state index in [9.17, 15) is 13.2 Å². The number of ether oxygens (including phenoxy) is 1. The van der Waals surface area contributed by atoms with Gasteiger partial charge in [0.15, 0.2) is 0 Å². The van der Waals surface area contributed by atoms with Gasteiger partial charge in [0.1, 0.15) is 0 Å². The molecule has 0 fully saturated rings. The van der Waals surface area contributed by atoms with Gasteiger partial charge in [-0.25, -0.2) is 4.79 Å². The van der Waals surface area contributed by atoms with Crippen LogP contribution in [0.5, 0.6) is 0 Å². The summed E-state index contributed by atoms with van der Waals surface area (Å²) in [4.78, 5) is 11.1. The molecule has 0 amide bonds. The smallest absolute Gasteiger partial charge is 0.337 e. The SMILES string of the molecule is C=C(C)C(=O)OC(C)[N+](C)(C)C.CS(=O)(=O)O. The molecule has 0 spiro atoms. The molecule has 0 aromatic carbocycles. The minimum Gasteiger partial charge on any atom is -0.409 e. The summed E-state index contributed by atoms with van der Waals surface area (Å²) in [5, 5.41) is 0. The van der Waals surface area contributed by atoms with E-state index in [-0.39, 0.29) is 12.2 Å². The van der Waals surface area contributed by atoms with Gasteiger partial charge in [-0.15, -0.1) is 0 Å². The summed E-state index contributed by atoms with van der Waals surface area (Å²) in [6, 6.07) is 0. The van der Waals surface area contributed by atoms with E-state index in [0.29, 0.717) is 16.3 Å². The van der Waals surface area contributed by atoms with Crippen LogP contribution >= 0.6 is 0 Å². The summed E-state index contributed by atoms with van der Waals surface area (Å²) in [5.41, 5.74) is 0.440. The molecule has 17 heavy (non-hydrogen) atoms. The highest BCUT2D eigenvalue weighted by molar-refractivity contribution is 7.85. The fourth-order valence-electron chi connectivity index (χ4n) is 0.414. The van der Waals surface area contributed by atoms with Gasteiger partial charge in [-0.05, 0) is 6.92 Å². The fourth-order valence-corrected chi connectivity index (χ4v) is 0.414. The van der Waals surface area contributed by atoms with Crippen molar-refractivity contribution in [3.63, 3.8) is 0 Å². The first kappa shape index (κ1) is 18.4. The average molecular weight is 268 g/mol. The Bertz CT molecular complexity index is 359. The quantitative estimate of drug-likeness (QED) is 0.267. The molecule has 6 nitrogen and oxygen atoms in total. The zero-order chi connectivity index (χ0) is 14.4. The molecule has 0 heterocycles. The maximum atomic E-state index is 11.1. The third-order valence-electron chi connectivity index (χ3n) is 1.72. The summed E-state index contributed by atoms with van der Waals surface area (Å²) in [7, 11) is 2.24. The Morgan fingerprint density at radius 3 is 1.82 bits per heavy atom. The number of nitrogens with zero attached hydrogens (tertiary/aromatic N) is 1. The summed E-state index contributed by atoms with van der Waals surface area (Å²) in [6.07, 6.45) is 0.571. The molecule has 0 saturated carbocycles. The van der Waals surface area contributed by atoms with Crippen molar-refractivity contribution in [1.29, 1.82) is 0 Å². The Hall–Kier alpha value is -0.920. The van der Waals surface area contributed by atoms with Gasteiger partial charge in [0.2, 0.25) is 6.23 Å². The Labute approximate surface area is 103 Å². The van der Waals surface area contributed by atoms with Crippen molar-refractivity contribution in [2.75, 3.05) is 27.4 Å². The summed E-state index contributed by atoms with van der Waals surface area (Å²) in [5.74, 6) is -0.324. The molecule has 0 aromatic rings. The van der Waals surface area contributed by atoms with Crippen LogP contribution in [-0.2, 0) is 19.6 Å². The molecule has 0 rings (SSSR count). The van der Waals surface area contributed by atoms with Gasteiger partial charge in [-0.3, -0.25) is 9.04 Å². The topological polar surface area (TPSA) is 80.7 Å². The number of esters is 1. The largest absolute Gasteiger partial charge is 0.409 e. The van der Waals surface area contributed by atoms with Gasteiger partial charge < -0.3 is 4.74 Å². The summed E-state index contributed by atoms with van der Waals surface area (Å²) < 4.78 is 31.6. The standard InChI is InChI=1S/C9H18NO2.CH4O3S/c1-7(2)9(11)12-8(3)10(4,5)6;1-5(2,3)4/h8H,1H2,2-6H3;1H3,(H,2,3,4)/q+1;. The molecule has 102 valence electrons. The van der Waals surface area contributed by atoms with Crippen LogP contribution in [0.25, 0.3) is 0 Å². The first-order valence-electron chi connectivity index (χ1n) is 4.85. The van der Waals surface area contributed by atoms with Crippen molar-refractivity contribution in [2.45, 2.75) is 20.1 Å². The number of rotatable bonds is 3. The first-order valence-corrected chi connectivity index (χ1v) is 6.70. The number of carbonyl (C=O) groups is 1. The van der Waals surface area contributed by atoms with Gasteiger partial charge in [-0.2, -0.15) is 8.42 Å². The minimum absolute atomic E-state index is 0.144. The monoisotopic (exact) mass is 268 g/mol. The second kappa shape index (κ2) is 6.73. The molecule has 0 saturated heterocycles. The van der Waals surface area contributed by atoms with Crippen LogP contribution in [0, 0.1) is 0 Å². The maximum Gasteiger partial charge on any atom is 0.337 e. The van der Waals surface area contributed by atoms with Gasteiger partial charge in [0.05, 0.1) is 27.4 Å². The zero-order valence-corrected chi connectivity index (χ0v) is 12.0. The van der Waals surface area contributed by atoms with E-state index in [1.54, 1.807) is 6.92 Å². The first-order chi connectivity index (χ1) is 7.25. The summed E-state index contributed by atoms with van der Waals surface area (Å²) in [6.45, 7) is 7.01. The van der Waals surface area contributed by atoms with E-state index in [1.807, 2.05) is 28.1 Å².